The number of pyridine rings is 1. The number of nitrogens with zero attached hydrogens (tertiary/aromatic N) is 1. The Labute approximate surface area is 175 Å². The summed E-state index contributed by atoms with van der Waals surface area (Å²) in [7, 11) is 1.82. The quantitative estimate of drug-likeness (QED) is 0.404. The van der Waals surface area contributed by atoms with Crippen molar-refractivity contribution in [1.82, 2.24) is 4.98 Å². The van der Waals surface area contributed by atoms with E-state index in [-0.39, 0.29) is 5.02 Å². The molecule has 29 heavy (non-hydrogen) atoms. The molecule has 2 N–H and O–H groups in total. The Hall–Kier alpha value is -2.58. The predicted molar refractivity (Wildman–Crippen MR) is 111 cm³/mol. The molecule has 1 aromatic heterocycles. The van der Waals surface area contributed by atoms with Gasteiger partial charge in [0.1, 0.15) is 11.4 Å². The lowest BCUT2D eigenvalue weighted by Crippen LogP contribution is -2.05. The number of aryl methyl sites for hydroxylation is 1. The van der Waals surface area contributed by atoms with Gasteiger partial charge in [-0.3, -0.25) is 0 Å². The van der Waals surface area contributed by atoms with Gasteiger partial charge in [-0.05, 0) is 73.0 Å². The third-order valence-electron chi connectivity index (χ3n) is 3.87. The van der Waals surface area contributed by atoms with Gasteiger partial charge in [0, 0.05) is 23.8 Å². The van der Waals surface area contributed by atoms with Crippen LogP contribution in [0.5, 0.6) is 11.6 Å². The Balaban J connectivity index is 1.77. The predicted octanol–water partition coefficient (Wildman–Crippen LogP) is 7.02. The molecule has 3 rings (SSSR count). The van der Waals surface area contributed by atoms with Crippen LogP contribution in [0, 0.1) is 6.92 Å². The van der Waals surface area contributed by atoms with E-state index in [0.717, 1.165) is 29.3 Å². The Morgan fingerprint density at radius 3 is 2.41 bits per heavy atom. The summed E-state index contributed by atoms with van der Waals surface area (Å²) in [6.45, 7) is 1.88. The van der Waals surface area contributed by atoms with E-state index >= 15 is 0 Å². The van der Waals surface area contributed by atoms with Crippen molar-refractivity contribution >= 4 is 34.9 Å². The third kappa shape index (κ3) is 5.48. The van der Waals surface area contributed by atoms with Crippen molar-refractivity contribution in [3.63, 3.8) is 0 Å². The zero-order valence-corrected chi connectivity index (χ0v) is 17.0. The number of nitrogens with one attached hydrogen (secondary N) is 2. The van der Waals surface area contributed by atoms with Gasteiger partial charge < -0.3 is 14.8 Å². The molecule has 0 saturated carbocycles. The van der Waals surface area contributed by atoms with Crippen molar-refractivity contribution < 1.29 is 17.9 Å². The summed E-state index contributed by atoms with van der Waals surface area (Å²) in [6.07, 6.45) is -2.82. The smallest absolute Gasteiger partial charge is 0.417 e. The lowest BCUT2D eigenvalue weighted by Gasteiger charge is -2.13. The summed E-state index contributed by atoms with van der Waals surface area (Å²) in [5, 5.41) is 2.67. The number of ether oxygens (including phenoxy) is 1. The lowest BCUT2D eigenvalue weighted by atomic mass is 10.2. The van der Waals surface area contributed by atoms with Crippen LogP contribution in [0.1, 0.15) is 11.1 Å². The number of halogens is 4. The van der Waals surface area contributed by atoms with Crippen LogP contribution in [0.3, 0.4) is 0 Å². The first-order valence-electron chi connectivity index (χ1n) is 8.48. The monoisotopic (exact) mass is 439 g/mol. The Morgan fingerprint density at radius 1 is 1.07 bits per heavy atom. The van der Waals surface area contributed by atoms with E-state index in [1.165, 1.54) is 12.1 Å². The maximum Gasteiger partial charge on any atom is 0.417 e. The van der Waals surface area contributed by atoms with Crippen LogP contribution in [0.15, 0.2) is 59.6 Å². The van der Waals surface area contributed by atoms with E-state index in [4.69, 9.17) is 16.3 Å². The highest BCUT2D eigenvalue weighted by Gasteiger charge is 2.33. The molecule has 1 heterocycles. The molecular weight excluding hydrogens is 423 g/mol. The minimum atomic E-state index is -4.49. The minimum Gasteiger partial charge on any atom is -0.437 e. The number of hydrogen-bond donors (Lipinski definition) is 2. The molecular formula is C20H17ClF3N3OS. The van der Waals surface area contributed by atoms with Crippen molar-refractivity contribution in [3.05, 3.63) is 70.9 Å². The van der Waals surface area contributed by atoms with E-state index in [1.54, 1.807) is 18.3 Å². The van der Waals surface area contributed by atoms with Gasteiger partial charge in [0.15, 0.2) is 0 Å². The number of aromatic nitrogens is 1. The number of benzene rings is 2. The molecule has 3 aromatic rings. The van der Waals surface area contributed by atoms with Gasteiger partial charge in [0.2, 0.25) is 5.88 Å². The van der Waals surface area contributed by atoms with E-state index in [2.05, 4.69) is 15.0 Å². The lowest BCUT2D eigenvalue weighted by molar-refractivity contribution is -0.137. The van der Waals surface area contributed by atoms with E-state index in [0.29, 0.717) is 22.2 Å². The summed E-state index contributed by atoms with van der Waals surface area (Å²) < 4.78 is 47.5. The van der Waals surface area contributed by atoms with Gasteiger partial charge in [-0.2, -0.15) is 13.2 Å². The molecule has 0 unspecified atom stereocenters. The van der Waals surface area contributed by atoms with Crippen molar-refractivity contribution in [2.45, 2.75) is 18.0 Å². The Morgan fingerprint density at radius 2 is 1.79 bits per heavy atom. The Kier molecular flexibility index (Phi) is 6.44. The molecule has 0 saturated heterocycles. The fourth-order valence-electron chi connectivity index (χ4n) is 2.42. The zero-order chi connectivity index (χ0) is 21.0. The second kappa shape index (κ2) is 8.84. The standard InChI is InChI=1S/C20H17ClF3N3OS/c1-12-9-18(19(26-11-12)28-14-5-3-13(25-2)4-6-14)27-29-15-7-8-16(17(21)10-15)20(22,23)24/h3-11,25,27H,1-2H3. The molecule has 0 atom stereocenters. The highest BCUT2D eigenvalue weighted by atomic mass is 35.5. The van der Waals surface area contributed by atoms with Crippen molar-refractivity contribution in [1.29, 1.82) is 0 Å². The fourth-order valence-corrected chi connectivity index (χ4v) is 3.45. The maximum absolute atomic E-state index is 12.8. The van der Waals surface area contributed by atoms with Gasteiger partial charge in [-0.25, -0.2) is 4.98 Å². The van der Waals surface area contributed by atoms with Crippen LogP contribution in [0.25, 0.3) is 0 Å². The number of alkyl halides is 3. The average molecular weight is 440 g/mol. The largest absolute Gasteiger partial charge is 0.437 e. The molecule has 0 aliphatic rings. The van der Waals surface area contributed by atoms with Crippen LogP contribution in [0.2, 0.25) is 5.02 Å². The van der Waals surface area contributed by atoms with E-state index in [1.807, 2.05) is 32.2 Å². The number of rotatable bonds is 6. The molecule has 0 fully saturated rings. The third-order valence-corrected chi connectivity index (χ3v) is 4.99. The summed E-state index contributed by atoms with van der Waals surface area (Å²) in [4.78, 5) is 4.83. The summed E-state index contributed by atoms with van der Waals surface area (Å²) >= 11 is 6.90. The Bertz CT molecular complexity index is 997. The average Bonchev–Trinajstić information content (AvgIpc) is 2.67. The van der Waals surface area contributed by atoms with Gasteiger partial charge in [0.25, 0.3) is 0 Å². The molecule has 0 bridgehead atoms. The molecule has 4 nitrogen and oxygen atoms in total. The highest BCUT2D eigenvalue weighted by Crippen LogP contribution is 2.37. The van der Waals surface area contributed by atoms with E-state index in [9.17, 15) is 13.2 Å². The second-order valence-electron chi connectivity index (χ2n) is 6.09. The molecule has 0 spiro atoms. The van der Waals surface area contributed by atoms with Gasteiger partial charge >= 0.3 is 6.18 Å². The fraction of sp³-hybridized carbons (Fsp3) is 0.150. The molecule has 9 heteroatoms. The molecule has 0 amide bonds. The molecule has 152 valence electrons. The topological polar surface area (TPSA) is 46.2 Å². The summed E-state index contributed by atoms with van der Waals surface area (Å²) in [5.41, 5.74) is 1.57. The second-order valence-corrected chi connectivity index (χ2v) is 7.37. The number of hydrogen-bond acceptors (Lipinski definition) is 5. The first kappa shape index (κ1) is 21.1. The van der Waals surface area contributed by atoms with Crippen molar-refractivity contribution in [3.8, 4) is 11.6 Å². The van der Waals surface area contributed by atoms with Crippen LogP contribution < -0.4 is 14.8 Å². The van der Waals surface area contributed by atoms with Crippen LogP contribution in [-0.2, 0) is 6.18 Å². The maximum atomic E-state index is 12.8. The summed E-state index contributed by atoms with van der Waals surface area (Å²) in [6, 6.07) is 12.8. The first-order chi connectivity index (χ1) is 13.8. The molecule has 0 aliphatic carbocycles. The van der Waals surface area contributed by atoms with Gasteiger partial charge in [0.05, 0.1) is 10.6 Å². The first-order valence-corrected chi connectivity index (χ1v) is 9.67. The van der Waals surface area contributed by atoms with Gasteiger partial charge in [-0.1, -0.05) is 11.6 Å². The van der Waals surface area contributed by atoms with E-state index < -0.39 is 11.7 Å². The molecule has 2 aromatic carbocycles. The van der Waals surface area contributed by atoms with Crippen LogP contribution >= 0.6 is 23.5 Å². The highest BCUT2D eigenvalue weighted by molar-refractivity contribution is 8.00. The van der Waals surface area contributed by atoms with Crippen LogP contribution in [-0.4, -0.2) is 12.0 Å². The summed E-state index contributed by atoms with van der Waals surface area (Å²) in [5.74, 6) is 0.948. The van der Waals surface area contributed by atoms with Crippen molar-refractivity contribution in [2.24, 2.45) is 0 Å². The van der Waals surface area contributed by atoms with Gasteiger partial charge in [-0.15, -0.1) is 0 Å². The molecule has 0 radical (unpaired) electrons. The zero-order valence-electron chi connectivity index (χ0n) is 15.5. The molecule has 0 aliphatic heterocycles. The number of anilines is 2. The normalized spacial score (nSPS) is 11.2. The van der Waals surface area contributed by atoms with Crippen LogP contribution in [0.4, 0.5) is 24.5 Å². The minimum absolute atomic E-state index is 0.346. The van der Waals surface area contributed by atoms with Crippen molar-refractivity contribution in [2.75, 3.05) is 17.1 Å². The SMILES string of the molecule is CNc1ccc(Oc2ncc(C)cc2NSc2ccc(C(F)(F)F)c(Cl)c2)cc1.